The fourth-order valence-corrected chi connectivity index (χ4v) is 7.06. The molecule has 0 radical (unpaired) electrons. The van der Waals surface area contributed by atoms with Gasteiger partial charge >= 0.3 is 12.1 Å². The van der Waals surface area contributed by atoms with Crippen LogP contribution in [0.2, 0.25) is 0 Å². The Hall–Kier alpha value is -5.47. The largest absolute Gasteiger partial charge is 0.465 e. The molecule has 12 nitrogen and oxygen atoms in total. The Bertz CT molecular complexity index is 1960. The molecule has 0 spiro atoms. The van der Waals surface area contributed by atoms with Gasteiger partial charge in [0, 0.05) is 40.0 Å². The molecule has 0 bridgehead atoms. The number of hydrogen-bond donors (Lipinski definition) is 3. The zero-order valence-electron chi connectivity index (χ0n) is 28.5. The number of fused-ring (bicyclic) bond motifs is 1. The van der Waals surface area contributed by atoms with Crippen LogP contribution in [0.4, 0.5) is 15.5 Å². The van der Waals surface area contributed by atoms with Crippen molar-refractivity contribution in [2.45, 2.75) is 44.2 Å². The monoisotopic (exact) mass is 727 g/mol. The van der Waals surface area contributed by atoms with Crippen LogP contribution in [0.15, 0.2) is 89.7 Å². The third kappa shape index (κ3) is 10.0. The van der Waals surface area contributed by atoms with Crippen molar-refractivity contribution >= 4 is 69.6 Å². The highest BCUT2D eigenvalue weighted by Crippen LogP contribution is 2.38. The van der Waals surface area contributed by atoms with E-state index in [1.54, 1.807) is 105 Å². The van der Waals surface area contributed by atoms with Crippen LogP contribution in [0, 0.1) is 0 Å². The normalized spacial score (nSPS) is 12.7. The predicted molar refractivity (Wildman–Crippen MR) is 197 cm³/mol. The van der Waals surface area contributed by atoms with Crippen molar-refractivity contribution in [1.29, 1.82) is 0 Å². The van der Waals surface area contributed by atoms with Crippen LogP contribution in [0.5, 0.6) is 0 Å². The van der Waals surface area contributed by atoms with Gasteiger partial charge < -0.3 is 30.3 Å². The van der Waals surface area contributed by atoms with Gasteiger partial charge in [0.25, 0.3) is 11.8 Å². The van der Waals surface area contributed by atoms with E-state index >= 15 is 0 Å². The van der Waals surface area contributed by atoms with E-state index in [-0.39, 0.29) is 23.9 Å². The van der Waals surface area contributed by atoms with Gasteiger partial charge in [-0.1, -0.05) is 30.3 Å². The van der Waals surface area contributed by atoms with Gasteiger partial charge in [0.05, 0.1) is 25.0 Å². The molecule has 5 rings (SSSR count). The minimum atomic E-state index is -0.646. The Labute approximate surface area is 303 Å². The highest BCUT2D eigenvalue weighted by atomic mass is 32.2. The first-order valence-corrected chi connectivity index (χ1v) is 17.7. The second kappa shape index (κ2) is 16.5. The molecule has 0 saturated carbocycles. The lowest BCUT2D eigenvalue weighted by molar-refractivity contribution is -0.114. The number of hydrogen-bond acceptors (Lipinski definition) is 10. The van der Waals surface area contributed by atoms with E-state index in [4.69, 9.17) is 9.47 Å². The standard InChI is InChI=1S/C37H37N5O7S2/c1-37(2,3)49-36(47)42-17-15-27-29(21-42)51-34(31(27)35(46)48-4)41-30(43)22-50-26-14-8-13-25(19-26)39-33(45)28(18-23-10-9-16-38-20-23)40-32(44)24-11-6-5-7-12-24/h5-14,16,18-20H,15,17,21-22H2,1-4H3,(H,39,45)(H,40,44)(H,41,43)/b28-18-. The third-order valence-electron chi connectivity index (χ3n) is 7.34. The highest BCUT2D eigenvalue weighted by molar-refractivity contribution is 8.00. The van der Waals surface area contributed by atoms with Crippen molar-refractivity contribution in [3.05, 3.63) is 112 Å². The first-order chi connectivity index (χ1) is 24.4. The first kappa shape index (κ1) is 36.8. The maximum atomic E-state index is 13.4. The number of methoxy groups -OCH3 is 1. The van der Waals surface area contributed by atoms with Crippen LogP contribution in [0.3, 0.4) is 0 Å². The Morgan fingerprint density at radius 1 is 1.00 bits per heavy atom. The Morgan fingerprint density at radius 3 is 2.49 bits per heavy atom. The molecule has 1 aliphatic heterocycles. The summed E-state index contributed by atoms with van der Waals surface area (Å²) in [6, 6.07) is 19.0. The van der Waals surface area contributed by atoms with Gasteiger partial charge in [-0.25, -0.2) is 9.59 Å². The quantitative estimate of drug-likeness (QED) is 0.0961. The SMILES string of the molecule is COC(=O)c1c(NC(=O)CSc2cccc(NC(=O)/C(=C/c3cccnc3)NC(=O)c3ccccc3)c2)sc2c1CCN(C(=O)OC(C)(C)C)C2. The van der Waals surface area contributed by atoms with Crippen molar-refractivity contribution in [2.24, 2.45) is 0 Å². The van der Waals surface area contributed by atoms with Crippen LogP contribution in [-0.2, 0) is 32.0 Å². The number of rotatable bonds is 10. The molecule has 0 atom stereocenters. The smallest absolute Gasteiger partial charge is 0.410 e. The van der Waals surface area contributed by atoms with Crippen LogP contribution in [0.1, 0.15) is 57.5 Å². The van der Waals surface area contributed by atoms with Crippen molar-refractivity contribution in [1.82, 2.24) is 15.2 Å². The summed E-state index contributed by atoms with van der Waals surface area (Å²) in [6.45, 7) is 6.00. The summed E-state index contributed by atoms with van der Waals surface area (Å²) in [5.41, 5.74) is 1.87. The lowest BCUT2D eigenvalue weighted by Gasteiger charge is -2.30. The lowest BCUT2D eigenvalue weighted by Crippen LogP contribution is -2.39. The molecule has 0 aliphatic carbocycles. The van der Waals surface area contributed by atoms with Crippen LogP contribution in [-0.4, -0.2) is 64.7 Å². The highest BCUT2D eigenvalue weighted by Gasteiger charge is 2.32. The second-order valence-electron chi connectivity index (χ2n) is 12.3. The number of thiophene rings is 1. The number of ether oxygens (including phenoxy) is 2. The van der Waals surface area contributed by atoms with Gasteiger partial charge in [0.15, 0.2) is 0 Å². The Morgan fingerprint density at radius 2 is 1.78 bits per heavy atom. The summed E-state index contributed by atoms with van der Waals surface area (Å²) in [5, 5.41) is 8.73. The van der Waals surface area contributed by atoms with Crippen molar-refractivity contribution in [3.8, 4) is 0 Å². The predicted octanol–water partition coefficient (Wildman–Crippen LogP) is 6.36. The molecule has 264 valence electrons. The van der Waals surface area contributed by atoms with Gasteiger partial charge in [-0.05, 0) is 80.8 Å². The molecular formula is C37H37N5O7S2. The molecule has 1 aliphatic rings. The summed E-state index contributed by atoms with van der Waals surface area (Å²) < 4.78 is 10.5. The fourth-order valence-electron chi connectivity index (χ4n) is 5.04. The summed E-state index contributed by atoms with van der Waals surface area (Å²) >= 11 is 2.47. The number of carbonyl (C=O) groups is 5. The number of carbonyl (C=O) groups excluding carboxylic acids is 5. The van der Waals surface area contributed by atoms with Crippen molar-refractivity contribution in [3.63, 3.8) is 0 Å². The van der Waals surface area contributed by atoms with Gasteiger partial charge in [-0.3, -0.25) is 19.4 Å². The van der Waals surface area contributed by atoms with E-state index in [0.717, 1.165) is 10.4 Å². The number of aromatic nitrogens is 1. The summed E-state index contributed by atoms with van der Waals surface area (Å²) in [6.07, 6.45) is 4.68. The number of anilines is 2. The molecule has 0 unspecified atom stereocenters. The molecule has 4 amide bonds. The number of esters is 1. The summed E-state index contributed by atoms with van der Waals surface area (Å²) in [5.74, 6) is -1.91. The molecule has 0 saturated heterocycles. The van der Waals surface area contributed by atoms with Crippen LogP contribution >= 0.6 is 23.1 Å². The summed E-state index contributed by atoms with van der Waals surface area (Å²) in [7, 11) is 1.28. The van der Waals surface area contributed by atoms with Gasteiger partial charge in [-0.15, -0.1) is 23.1 Å². The third-order valence-corrected chi connectivity index (χ3v) is 9.46. The minimum Gasteiger partial charge on any atom is -0.465 e. The lowest BCUT2D eigenvalue weighted by atomic mass is 10.0. The Balaban J connectivity index is 1.24. The van der Waals surface area contributed by atoms with E-state index in [2.05, 4.69) is 20.9 Å². The fraction of sp³-hybridized carbons (Fsp3) is 0.243. The number of benzene rings is 2. The van der Waals surface area contributed by atoms with E-state index in [1.165, 1.54) is 36.3 Å². The minimum absolute atomic E-state index is 0.00387. The average molecular weight is 728 g/mol. The van der Waals surface area contributed by atoms with E-state index in [9.17, 15) is 24.0 Å². The first-order valence-electron chi connectivity index (χ1n) is 15.9. The number of thioether (sulfide) groups is 1. The molecular weight excluding hydrogens is 691 g/mol. The second-order valence-corrected chi connectivity index (χ2v) is 14.5. The van der Waals surface area contributed by atoms with Crippen molar-refractivity contribution in [2.75, 3.05) is 30.0 Å². The Kier molecular flexibility index (Phi) is 11.9. The number of nitrogens with zero attached hydrogens (tertiary/aromatic N) is 2. The molecule has 2 aromatic carbocycles. The van der Waals surface area contributed by atoms with E-state index in [1.807, 2.05) is 0 Å². The van der Waals surface area contributed by atoms with Gasteiger partial charge in [-0.2, -0.15) is 0 Å². The maximum Gasteiger partial charge on any atom is 0.410 e. The molecule has 0 fully saturated rings. The van der Waals surface area contributed by atoms with Gasteiger partial charge in [0.1, 0.15) is 16.3 Å². The number of amides is 4. The zero-order chi connectivity index (χ0) is 36.5. The average Bonchev–Trinajstić information content (AvgIpc) is 3.47. The molecule has 3 heterocycles. The number of nitrogens with one attached hydrogen (secondary N) is 3. The topological polar surface area (TPSA) is 156 Å². The molecule has 51 heavy (non-hydrogen) atoms. The van der Waals surface area contributed by atoms with E-state index < -0.39 is 29.5 Å². The molecule has 14 heteroatoms. The molecule has 2 aromatic heterocycles. The van der Waals surface area contributed by atoms with Crippen LogP contribution in [0.25, 0.3) is 6.08 Å². The number of pyridine rings is 1. The molecule has 3 N–H and O–H groups in total. The molecule has 4 aromatic rings. The maximum absolute atomic E-state index is 13.4. The zero-order valence-corrected chi connectivity index (χ0v) is 30.1. The van der Waals surface area contributed by atoms with Gasteiger partial charge in [0.2, 0.25) is 5.91 Å². The van der Waals surface area contributed by atoms with Crippen molar-refractivity contribution < 1.29 is 33.4 Å². The summed E-state index contributed by atoms with van der Waals surface area (Å²) in [4.78, 5) is 72.1. The van der Waals surface area contributed by atoms with Crippen LogP contribution < -0.4 is 16.0 Å². The van der Waals surface area contributed by atoms with E-state index in [0.29, 0.717) is 45.2 Å².